The fourth-order valence-electron chi connectivity index (χ4n) is 2.52. The average Bonchev–Trinajstić information content (AvgIpc) is 2.36. The molecule has 0 spiro atoms. The van der Waals surface area contributed by atoms with Gasteiger partial charge in [-0.15, -0.1) is 0 Å². The second kappa shape index (κ2) is 6.19. The Morgan fingerprint density at radius 2 is 2.26 bits per heavy atom. The number of nitrogens with two attached hydrogens (primary N) is 1. The highest BCUT2D eigenvalue weighted by Crippen LogP contribution is 2.18. The van der Waals surface area contributed by atoms with Gasteiger partial charge in [0.1, 0.15) is 17.5 Å². The molecule has 1 unspecified atom stereocenters. The van der Waals surface area contributed by atoms with Crippen molar-refractivity contribution >= 4 is 11.6 Å². The maximum atomic E-state index is 5.83. The maximum absolute atomic E-state index is 5.83. The van der Waals surface area contributed by atoms with Crippen molar-refractivity contribution in [3.05, 3.63) is 11.9 Å². The van der Waals surface area contributed by atoms with Crippen molar-refractivity contribution in [3.8, 4) is 0 Å². The van der Waals surface area contributed by atoms with Crippen LogP contribution in [0.3, 0.4) is 0 Å². The molecule has 106 valence electrons. The fourth-order valence-corrected chi connectivity index (χ4v) is 2.52. The first-order valence-electron chi connectivity index (χ1n) is 7.11. The Labute approximate surface area is 115 Å². The van der Waals surface area contributed by atoms with E-state index in [9.17, 15) is 0 Å². The molecule has 1 aromatic rings. The zero-order chi connectivity index (χ0) is 13.8. The van der Waals surface area contributed by atoms with Gasteiger partial charge in [0, 0.05) is 25.1 Å². The number of aromatic nitrogens is 2. The van der Waals surface area contributed by atoms with E-state index >= 15 is 0 Å². The predicted molar refractivity (Wildman–Crippen MR) is 79.2 cm³/mol. The predicted octanol–water partition coefficient (Wildman–Crippen LogP) is 1.94. The van der Waals surface area contributed by atoms with E-state index in [0.29, 0.717) is 17.7 Å². The monoisotopic (exact) mass is 263 g/mol. The van der Waals surface area contributed by atoms with Gasteiger partial charge in [-0.1, -0.05) is 13.8 Å². The molecular formula is C14H25N5. The van der Waals surface area contributed by atoms with E-state index in [4.69, 9.17) is 5.73 Å². The van der Waals surface area contributed by atoms with Crippen LogP contribution in [0.2, 0.25) is 0 Å². The molecule has 5 heteroatoms. The van der Waals surface area contributed by atoms with Crippen LogP contribution in [0.1, 0.15) is 38.4 Å². The lowest BCUT2D eigenvalue weighted by atomic mass is 9.98. The van der Waals surface area contributed by atoms with Gasteiger partial charge in [0.05, 0.1) is 0 Å². The van der Waals surface area contributed by atoms with E-state index in [1.807, 2.05) is 6.07 Å². The van der Waals surface area contributed by atoms with Crippen molar-refractivity contribution in [1.29, 1.82) is 0 Å². The van der Waals surface area contributed by atoms with Crippen LogP contribution in [-0.4, -0.2) is 41.5 Å². The van der Waals surface area contributed by atoms with Crippen LogP contribution in [-0.2, 0) is 0 Å². The molecule has 0 bridgehead atoms. The van der Waals surface area contributed by atoms with Gasteiger partial charge in [-0.2, -0.15) is 0 Å². The topological polar surface area (TPSA) is 67.1 Å². The van der Waals surface area contributed by atoms with Gasteiger partial charge >= 0.3 is 0 Å². The number of anilines is 2. The molecule has 1 aliphatic rings. The van der Waals surface area contributed by atoms with Gasteiger partial charge in [0.2, 0.25) is 0 Å². The van der Waals surface area contributed by atoms with Crippen molar-refractivity contribution in [2.45, 2.75) is 32.6 Å². The summed E-state index contributed by atoms with van der Waals surface area (Å²) in [6, 6.07) is 1.82. The quantitative estimate of drug-likeness (QED) is 0.869. The van der Waals surface area contributed by atoms with Crippen molar-refractivity contribution < 1.29 is 0 Å². The summed E-state index contributed by atoms with van der Waals surface area (Å²) < 4.78 is 0. The molecule has 1 aromatic heterocycles. The molecule has 5 nitrogen and oxygen atoms in total. The first kappa shape index (κ1) is 14.1. The van der Waals surface area contributed by atoms with Crippen LogP contribution in [0.5, 0.6) is 0 Å². The van der Waals surface area contributed by atoms with Crippen molar-refractivity contribution in [3.63, 3.8) is 0 Å². The molecule has 0 saturated carbocycles. The molecule has 1 fully saturated rings. The van der Waals surface area contributed by atoms with E-state index in [-0.39, 0.29) is 0 Å². The zero-order valence-electron chi connectivity index (χ0n) is 12.2. The standard InChI is InChI=1S/C14H25N5/c1-10(2)14-17-12(15)7-13(18-14)16-8-11-5-4-6-19(3)9-11/h7,10-11H,4-6,8-9H2,1-3H3,(H3,15,16,17,18). The second-order valence-electron chi connectivity index (χ2n) is 5.84. The molecule has 0 radical (unpaired) electrons. The molecule has 0 aromatic carbocycles. The van der Waals surface area contributed by atoms with Gasteiger partial charge in [0.15, 0.2) is 0 Å². The Hall–Kier alpha value is -1.36. The van der Waals surface area contributed by atoms with Crippen LogP contribution in [0.4, 0.5) is 11.6 Å². The van der Waals surface area contributed by atoms with E-state index in [1.54, 1.807) is 0 Å². The third kappa shape index (κ3) is 4.06. The second-order valence-corrected chi connectivity index (χ2v) is 5.84. The Bertz CT molecular complexity index is 418. The summed E-state index contributed by atoms with van der Waals surface area (Å²) >= 11 is 0. The normalized spacial score (nSPS) is 20.7. The summed E-state index contributed by atoms with van der Waals surface area (Å²) in [5, 5.41) is 3.41. The highest BCUT2D eigenvalue weighted by atomic mass is 15.1. The van der Waals surface area contributed by atoms with Crippen molar-refractivity contribution in [2.75, 3.05) is 37.7 Å². The lowest BCUT2D eigenvalue weighted by Gasteiger charge is -2.29. The number of hydrogen-bond donors (Lipinski definition) is 2. The van der Waals surface area contributed by atoms with E-state index < -0.39 is 0 Å². The van der Waals surface area contributed by atoms with E-state index in [2.05, 4.69) is 41.1 Å². The van der Waals surface area contributed by atoms with Gasteiger partial charge in [0.25, 0.3) is 0 Å². The largest absolute Gasteiger partial charge is 0.384 e. The number of piperidine rings is 1. The molecule has 19 heavy (non-hydrogen) atoms. The Balaban J connectivity index is 1.95. The highest BCUT2D eigenvalue weighted by molar-refractivity contribution is 5.44. The molecule has 3 N–H and O–H groups in total. The number of nitrogens with zero attached hydrogens (tertiary/aromatic N) is 3. The van der Waals surface area contributed by atoms with Gasteiger partial charge < -0.3 is 16.0 Å². The minimum Gasteiger partial charge on any atom is -0.384 e. The summed E-state index contributed by atoms with van der Waals surface area (Å²) in [5.74, 6) is 3.19. The number of hydrogen-bond acceptors (Lipinski definition) is 5. The Morgan fingerprint density at radius 3 is 2.95 bits per heavy atom. The summed E-state index contributed by atoms with van der Waals surface area (Å²) in [6.45, 7) is 7.49. The summed E-state index contributed by atoms with van der Waals surface area (Å²) in [4.78, 5) is 11.2. The van der Waals surface area contributed by atoms with Crippen LogP contribution < -0.4 is 11.1 Å². The van der Waals surface area contributed by atoms with Crippen molar-refractivity contribution in [1.82, 2.24) is 14.9 Å². The highest BCUT2D eigenvalue weighted by Gasteiger charge is 2.17. The summed E-state index contributed by atoms with van der Waals surface area (Å²) in [7, 11) is 2.19. The van der Waals surface area contributed by atoms with Crippen LogP contribution in [0.25, 0.3) is 0 Å². The van der Waals surface area contributed by atoms with Gasteiger partial charge in [-0.25, -0.2) is 9.97 Å². The van der Waals surface area contributed by atoms with E-state index in [0.717, 1.165) is 24.7 Å². The molecule has 1 aliphatic heterocycles. The lowest BCUT2D eigenvalue weighted by Crippen LogP contribution is -2.35. The summed E-state index contributed by atoms with van der Waals surface area (Å²) in [5.41, 5.74) is 5.83. The first-order chi connectivity index (χ1) is 9.04. The number of nitrogens with one attached hydrogen (secondary N) is 1. The van der Waals surface area contributed by atoms with Crippen molar-refractivity contribution in [2.24, 2.45) is 5.92 Å². The molecular weight excluding hydrogens is 238 g/mol. The zero-order valence-corrected chi connectivity index (χ0v) is 12.2. The minimum atomic E-state index is 0.296. The first-order valence-corrected chi connectivity index (χ1v) is 7.11. The van der Waals surface area contributed by atoms with Crippen LogP contribution in [0.15, 0.2) is 6.07 Å². The van der Waals surface area contributed by atoms with Crippen LogP contribution >= 0.6 is 0 Å². The minimum absolute atomic E-state index is 0.296. The maximum Gasteiger partial charge on any atom is 0.135 e. The average molecular weight is 263 g/mol. The van der Waals surface area contributed by atoms with Gasteiger partial charge in [-0.3, -0.25) is 0 Å². The Morgan fingerprint density at radius 1 is 1.47 bits per heavy atom. The molecule has 1 saturated heterocycles. The third-order valence-corrected chi connectivity index (χ3v) is 3.57. The Kier molecular flexibility index (Phi) is 4.58. The fraction of sp³-hybridized carbons (Fsp3) is 0.714. The number of nitrogen functional groups attached to an aromatic ring is 1. The molecule has 2 heterocycles. The molecule has 2 rings (SSSR count). The third-order valence-electron chi connectivity index (χ3n) is 3.57. The smallest absolute Gasteiger partial charge is 0.135 e. The molecule has 0 amide bonds. The SMILES string of the molecule is CC(C)c1nc(N)cc(NCC2CCCN(C)C2)n1. The number of likely N-dealkylation sites (tertiary alicyclic amines) is 1. The molecule has 0 aliphatic carbocycles. The summed E-state index contributed by atoms with van der Waals surface area (Å²) in [6.07, 6.45) is 2.57. The number of rotatable bonds is 4. The lowest BCUT2D eigenvalue weighted by molar-refractivity contribution is 0.217. The van der Waals surface area contributed by atoms with E-state index in [1.165, 1.54) is 19.4 Å². The van der Waals surface area contributed by atoms with Crippen LogP contribution in [0, 0.1) is 5.92 Å². The van der Waals surface area contributed by atoms with Gasteiger partial charge in [-0.05, 0) is 32.4 Å². The molecule has 1 atom stereocenters.